The molecule has 1 N–H and O–H groups in total. The van der Waals surface area contributed by atoms with E-state index in [-0.39, 0.29) is 43.1 Å². The molecule has 1 fully saturated rings. The van der Waals surface area contributed by atoms with Gasteiger partial charge in [-0.1, -0.05) is 17.7 Å². The highest BCUT2D eigenvalue weighted by Crippen LogP contribution is 2.33. The molecule has 1 saturated heterocycles. The molecule has 1 aromatic carbocycles. The molecule has 0 aliphatic carbocycles. The third-order valence-electron chi connectivity index (χ3n) is 3.53. The van der Waals surface area contributed by atoms with E-state index in [1.807, 2.05) is 0 Å². The standard InChI is InChI=1S/C14H17ClFN3.2ClH/c1-10-2-3-11(15)13(14(10)16)12(4-5-17)19-8-6-18-7-9-19;;/h2-3,12,18H,4,6-9H2,1H3;2*1H/t12-;;/m0../s1. The van der Waals surface area contributed by atoms with Crippen LogP contribution in [-0.2, 0) is 0 Å². The Hall–Kier alpha value is -0.570. The number of nitrogens with one attached hydrogen (secondary N) is 1. The monoisotopic (exact) mass is 353 g/mol. The summed E-state index contributed by atoms with van der Waals surface area (Å²) in [6.07, 6.45) is 0.250. The van der Waals surface area contributed by atoms with Crippen molar-refractivity contribution in [2.75, 3.05) is 26.2 Å². The second-order valence-corrected chi connectivity index (χ2v) is 5.16. The van der Waals surface area contributed by atoms with Gasteiger partial charge in [-0.3, -0.25) is 4.90 Å². The normalized spacial score (nSPS) is 16.3. The Morgan fingerprint density at radius 3 is 2.57 bits per heavy atom. The summed E-state index contributed by atoms with van der Waals surface area (Å²) >= 11 is 6.16. The smallest absolute Gasteiger partial charge is 0.132 e. The molecule has 3 nitrogen and oxygen atoms in total. The molecule has 0 radical (unpaired) electrons. The van der Waals surface area contributed by atoms with Crippen molar-refractivity contribution in [1.82, 2.24) is 10.2 Å². The number of aryl methyl sites for hydroxylation is 1. The van der Waals surface area contributed by atoms with Crippen molar-refractivity contribution in [2.24, 2.45) is 0 Å². The van der Waals surface area contributed by atoms with Gasteiger partial charge >= 0.3 is 0 Å². The van der Waals surface area contributed by atoms with E-state index in [2.05, 4.69) is 16.3 Å². The maximum Gasteiger partial charge on any atom is 0.132 e. The average molecular weight is 355 g/mol. The third kappa shape index (κ3) is 4.70. The van der Waals surface area contributed by atoms with Crippen molar-refractivity contribution in [3.05, 3.63) is 34.1 Å². The molecule has 0 amide bonds. The highest BCUT2D eigenvalue weighted by atomic mass is 35.5. The zero-order chi connectivity index (χ0) is 13.8. The molecule has 0 saturated carbocycles. The van der Waals surface area contributed by atoms with E-state index in [0.717, 1.165) is 26.2 Å². The van der Waals surface area contributed by atoms with Crippen molar-refractivity contribution in [3.63, 3.8) is 0 Å². The van der Waals surface area contributed by atoms with Crippen LogP contribution in [0.2, 0.25) is 5.02 Å². The molecule has 1 aliphatic rings. The van der Waals surface area contributed by atoms with E-state index in [4.69, 9.17) is 16.9 Å². The first-order valence-electron chi connectivity index (χ1n) is 6.41. The molecule has 21 heavy (non-hydrogen) atoms. The zero-order valence-corrected chi connectivity index (χ0v) is 14.1. The second kappa shape index (κ2) is 9.45. The summed E-state index contributed by atoms with van der Waals surface area (Å²) < 4.78 is 14.4. The summed E-state index contributed by atoms with van der Waals surface area (Å²) in [5.41, 5.74) is 1.03. The minimum atomic E-state index is -0.286. The van der Waals surface area contributed by atoms with E-state index in [1.165, 1.54) is 0 Å². The van der Waals surface area contributed by atoms with Crippen LogP contribution in [0.5, 0.6) is 0 Å². The minimum absolute atomic E-state index is 0. The number of hydrogen-bond acceptors (Lipinski definition) is 3. The Morgan fingerprint density at radius 1 is 1.38 bits per heavy atom. The lowest BCUT2D eigenvalue weighted by Gasteiger charge is -2.34. The molecule has 1 atom stereocenters. The molecule has 2 rings (SSSR count). The lowest BCUT2D eigenvalue weighted by Crippen LogP contribution is -2.45. The van der Waals surface area contributed by atoms with Crippen LogP contribution in [0.4, 0.5) is 4.39 Å². The first kappa shape index (κ1) is 20.4. The predicted molar refractivity (Wildman–Crippen MR) is 88.1 cm³/mol. The van der Waals surface area contributed by atoms with Gasteiger partial charge in [0.15, 0.2) is 0 Å². The number of nitriles is 1. The van der Waals surface area contributed by atoms with Gasteiger partial charge in [-0.15, -0.1) is 24.8 Å². The molecule has 118 valence electrons. The van der Waals surface area contributed by atoms with Crippen molar-refractivity contribution < 1.29 is 4.39 Å². The lowest BCUT2D eigenvalue weighted by molar-refractivity contribution is 0.172. The summed E-state index contributed by atoms with van der Waals surface area (Å²) in [6, 6.07) is 5.26. The van der Waals surface area contributed by atoms with Gasteiger partial charge < -0.3 is 5.32 Å². The van der Waals surface area contributed by atoms with Crippen LogP contribution in [0.25, 0.3) is 0 Å². The SMILES string of the molecule is Cc1ccc(Cl)c([C@H](CC#N)N2CCNCC2)c1F.Cl.Cl. The summed E-state index contributed by atoms with van der Waals surface area (Å²) in [4.78, 5) is 2.13. The predicted octanol–water partition coefficient (Wildman–Crippen LogP) is 3.49. The number of rotatable bonds is 3. The fraction of sp³-hybridized carbons (Fsp3) is 0.500. The van der Waals surface area contributed by atoms with Crippen LogP contribution >= 0.6 is 36.4 Å². The van der Waals surface area contributed by atoms with Gasteiger partial charge in [0, 0.05) is 36.8 Å². The van der Waals surface area contributed by atoms with Crippen LogP contribution in [0.1, 0.15) is 23.6 Å². The molecule has 0 spiro atoms. The molecular formula is C14H19Cl3FN3. The van der Waals surface area contributed by atoms with E-state index < -0.39 is 0 Å². The summed E-state index contributed by atoms with van der Waals surface area (Å²) in [5, 5.41) is 12.7. The van der Waals surface area contributed by atoms with E-state index >= 15 is 0 Å². The average Bonchev–Trinajstić information content (AvgIpc) is 2.43. The van der Waals surface area contributed by atoms with Gasteiger partial charge in [-0.05, 0) is 18.6 Å². The maximum absolute atomic E-state index is 14.4. The topological polar surface area (TPSA) is 39.1 Å². The van der Waals surface area contributed by atoms with Gasteiger partial charge in [0.25, 0.3) is 0 Å². The van der Waals surface area contributed by atoms with Gasteiger partial charge in [-0.2, -0.15) is 5.26 Å². The minimum Gasteiger partial charge on any atom is -0.314 e. The number of nitrogens with zero attached hydrogens (tertiary/aromatic N) is 2. The number of piperazine rings is 1. The van der Waals surface area contributed by atoms with E-state index in [0.29, 0.717) is 16.1 Å². The fourth-order valence-electron chi connectivity index (χ4n) is 2.48. The molecule has 0 unspecified atom stereocenters. The number of benzene rings is 1. The largest absolute Gasteiger partial charge is 0.314 e. The summed E-state index contributed by atoms with van der Waals surface area (Å²) in [7, 11) is 0. The van der Waals surface area contributed by atoms with Gasteiger partial charge in [0.1, 0.15) is 5.82 Å². The molecule has 0 aromatic heterocycles. The fourth-order valence-corrected chi connectivity index (χ4v) is 2.75. The molecule has 1 aromatic rings. The summed E-state index contributed by atoms with van der Waals surface area (Å²) in [5.74, 6) is -0.286. The Kier molecular flexibility index (Phi) is 9.19. The first-order chi connectivity index (χ1) is 9.15. The Bertz CT molecular complexity index is 499. The quantitative estimate of drug-likeness (QED) is 0.903. The highest BCUT2D eigenvalue weighted by Gasteiger charge is 2.27. The lowest BCUT2D eigenvalue weighted by atomic mass is 9.99. The van der Waals surface area contributed by atoms with E-state index in [1.54, 1.807) is 19.1 Å². The van der Waals surface area contributed by atoms with Crippen LogP contribution < -0.4 is 5.32 Å². The number of halogens is 4. The Labute approximate surface area is 142 Å². The Morgan fingerprint density at radius 2 is 2.00 bits per heavy atom. The van der Waals surface area contributed by atoms with Crippen LogP contribution in [0.15, 0.2) is 12.1 Å². The van der Waals surface area contributed by atoms with E-state index in [9.17, 15) is 4.39 Å². The van der Waals surface area contributed by atoms with Gasteiger partial charge in [0.2, 0.25) is 0 Å². The molecule has 1 heterocycles. The van der Waals surface area contributed by atoms with Crippen molar-refractivity contribution in [3.8, 4) is 6.07 Å². The van der Waals surface area contributed by atoms with Crippen molar-refractivity contribution in [1.29, 1.82) is 5.26 Å². The third-order valence-corrected chi connectivity index (χ3v) is 3.86. The van der Waals surface area contributed by atoms with Crippen molar-refractivity contribution >= 4 is 36.4 Å². The zero-order valence-electron chi connectivity index (χ0n) is 11.7. The molecule has 7 heteroatoms. The number of hydrogen-bond donors (Lipinski definition) is 1. The Balaban J connectivity index is 0.00000200. The molecular weight excluding hydrogens is 336 g/mol. The second-order valence-electron chi connectivity index (χ2n) is 4.76. The first-order valence-corrected chi connectivity index (χ1v) is 6.79. The maximum atomic E-state index is 14.4. The molecule has 0 bridgehead atoms. The van der Waals surface area contributed by atoms with Gasteiger partial charge in [0.05, 0.1) is 18.5 Å². The van der Waals surface area contributed by atoms with Crippen LogP contribution in [0, 0.1) is 24.1 Å². The molecule has 1 aliphatic heterocycles. The van der Waals surface area contributed by atoms with Gasteiger partial charge in [-0.25, -0.2) is 4.39 Å². The van der Waals surface area contributed by atoms with Crippen LogP contribution in [-0.4, -0.2) is 31.1 Å². The van der Waals surface area contributed by atoms with Crippen molar-refractivity contribution in [2.45, 2.75) is 19.4 Å². The van der Waals surface area contributed by atoms with Crippen LogP contribution in [0.3, 0.4) is 0 Å². The summed E-state index contributed by atoms with van der Waals surface area (Å²) in [6.45, 7) is 5.03. The highest BCUT2D eigenvalue weighted by molar-refractivity contribution is 6.31.